The van der Waals surface area contributed by atoms with Crippen LogP contribution >= 0.6 is 11.3 Å². The molecule has 1 fully saturated rings. The summed E-state index contributed by atoms with van der Waals surface area (Å²) in [4.78, 5) is 4.40. The van der Waals surface area contributed by atoms with Crippen molar-refractivity contribution in [1.82, 2.24) is 9.29 Å². The average Bonchev–Trinajstić information content (AvgIpc) is 3.18. The number of hydrogen-bond donors (Lipinski definition) is 0. The van der Waals surface area contributed by atoms with Gasteiger partial charge in [0.15, 0.2) is 0 Å². The van der Waals surface area contributed by atoms with E-state index in [-0.39, 0.29) is 6.10 Å². The first-order valence-electron chi connectivity index (χ1n) is 8.19. The summed E-state index contributed by atoms with van der Waals surface area (Å²) in [5, 5.41) is 2.83. The molecule has 0 bridgehead atoms. The summed E-state index contributed by atoms with van der Waals surface area (Å²) in [6, 6.07) is 13.2. The van der Waals surface area contributed by atoms with Crippen LogP contribution in [0.15, 0.2) is 58.3 Å². The molecule has 1 aromatic carbocycles. The van der Waals surface area contributed by atoms with Crippen molar-refractivity contribution in [2.24, 2.45) is 0 Å². The lowest BCUT2D eigenvalue weighted by atomic mass is 10.1. The van der Waals surface area contributed by atoms with Crippen molar-refractivity contribution in [2.75, 3.05) is 13.1 Å². The summed E-state index contributed by atoms with van der Waals surface area (Å²) in [5.41, 5.74) is 0.846. The van der Waals surface area contributed by atoms with E-state index in [9.17, 15) is 8.42 Å². The number of aromatic nitrogens is 1. The van der Waals surface area contributed by atoms with E-state index in [2.05, 4.69) is 4.98 Å². The van der Waals surface area contributed by atoms with Crippen molar-refractivity contribution in [2.45, 2.75) is 23.2 Å². The number of para-hydroxylation sites is 1. The number of thiophene rings is 1. The highest BCUT2D eigenvalue weighted by Crippen LogP contribution is 2.28. The average molecular weight is 374 g/mol. The number of nitrogens with zero attached hydrogens (tertiary/aromatic N) is 2. The Bertz CT molecular complexity index is 958. The molecule has 3 heterocycles. The number of benzene rings is 1. The molecule has 7 heteroatoms. The third-order valence-electron chi connectivity index (χ3n) is 4.38. The summed E-state index contributed by atoms with van der Waals surface area (Å²) >= 11 is 1.26. The van der Waals surface area contributed by atoms with Crippen LogP contribution in [0.4, 0.5) is 0 Å². The zero-order valence-electron chi connectivity index (χ0n) is 13.5. The number of piperidine rings is 1. The van der Waals surface area contributed by atoms with Crippen LogP contribution in [0.1, 0.15) is 12.8 Å². The first kappa shape index (κ1) is 16.5. The first-order chi connectivity index (χ1) is 12.1. The topological polar surface area (TPSA) is 59.5 Å². The molecule has 1 aliphatic heterocycles. The van der Waals surface area contributed by atoms with Gasteiger partial charge in [-0.15, -0.1) is 11.3 Å². The van der Waals surface area contributed by atoms with E-state index in [4.69, 9.17) is 4.74 Å². The fraction of sp³-hybridized carbons (Fsp3) is 0.278. The van der Waals surface area contributed by atoms with Crippen molar-refractivity contribution in [3.63, 3.8) is 0 Å². The molecule has 130 valence electrons. The fourth-order valence-corrected chi connectivity index (χ4v) is 5.69. The highest BCUT2D eigenvalue weighted by molar-refractivity contribution is 7.91. The molecule has 0 amide bonds. The van der Waals surface area contributed by atoms with E-state index < -0.39 is 10.0 Å². The number of hydrogen-bond acceptors (Lipinski definition) is 5. The molecule has 1 saturated heterocycles. The Morgan fingerprint density at radius 3 is 2.64 bits per heavy atom. The molecule has 25 heavy (non-hydrogen) atoms. The van der Waals surface area contributed by atoms with E-state index in [1.807, 2.05) is 30.3 Å². The molecule has 0 aliphatic carbocycles. The summed E-state index contributed by atoms with van der Waals surface area (Å²) in [6.07, 6.45) is 3.11. The Morgan fingerprint density at radius 1 is 1.08 bits per heavy atom. The highest BCUT2D eigenvalue weighted by Gasteiger charge is 2.30. The zero-order chi connectivity index (χ0) is 17.3. The molecule has 2 aromatic heterocycles. The van der Waals surface area contributed by atoms with Crippen molar-refractivity contribution >= 4 is 32.3 Å². The number of sulfonamides is 1. The van der Waals surface area contributed by atoms with Gasteiger partial charge in [-0.1, -0.05) is 24.3 Å². The molecular formula is C18H18N2O3S2. The van der Waals surface area contributed by atoms with E-state index >= 15 is 0 Å². The van der Waals surface area contributed by atoms with Gasteiger partial charge in [0.1, 0.15) is 21.6 Å². The second-order valence-electron chi connectivity index (χ2n) is 5.98. The Hall–Kier alpha value is -1.96. The van der Waals surface area contributed by atoms with Crippen LogP contribution in [-0.4, -0.2) is 36.9 Å². The molecule has 0 spiro atoms. The number of fused-ring (bicyclic) bond motifs is 1. The minimum Gasteiger partial charge on any atom is -0.488 e. The van der Waals surface area contributed by atoms with Gasteiger partial charge in [0.05, 0.1) is 0 Å². The van der Waals surface area contributed by atoms with Crippen molar-refractivity contribution < 1.29 is 13.2 Å². The maximum Gasteiger partial charge on any atom is 0.252 e. The normalized spacial score (nSPS) is 17.0. The van der Waals surface area contributed by atoms with Crippen LogP contribution < -0.4 is 4.74 Å². The number of ether oxygens (including phenoxy) is 1. The lowest BCUT2D eigenvalue weighted by Crippen LogP contribution is -2.41. The van der Waals surface area contributed by atoms with Gasteiger partial charge < -0.3 is 4.74 Å². The second kappa shape index (κ2) is 6.74. The highest BCUT2D eigenvalue weighted by atomic mass is 32.2. The maximum atomic E-state index is 12.6. The monoisotopic (exact) mass is 374 g/mol. The van der Waals surface area contributed by atoms with E-state index in [1.165, 1.54) is 11.3 Å². The Kier molecular flexibility index (Phi) is 4.45. The van der Waals surface area contributed by atoms with Gasteiger partial charge in [-0.25, -0.2) is 8.42 Å². The molecule has 3 aromatic rings. The van der Waals surface area contributed by atoms with Crippen molar-refractivity contribution in [1.29, 1.82) is 0 Å². The van der Waals surface area contributed by atoms with Gasteiger partial charge in [0, 0.05) is 24.7 Å². The number of pyridine rings is 1. The quantitative estimate of drug-likeness (QED) is 0.701. The SMILES string of the molecule is O=S(=O)(c1cccs1)N1CCC(Oc2cccc3cccnc23)CC1. The maximum absolute atomic E-state index is 12.6. The zero-order valence-corrected chi connectivity index (χ0v) is 15.2. The first-order valence-corrected chi connectivity index (χ1v) is 10.5. The van der Waals surface area contributed by atoms with Crippen LogP contribution in [-0.2, 0) is 10.0 Å². The van der Waals surface area contributed by atoms with Crippen molar-refractivity contribution in [3.05, 3.63) is 54.0 Å². The molecule has 5 nitrogen and oxygen atoms in total. The van der Waals surface area contributed by atoms with Crippen LogP contribution in [0.25, 0.3) is 10.9 Å². The standard InChI is InChI=1S/C18H18N2O3S2/c21-25(22,17-7-3-13-24-17)20-11-8-15(9-12-20)23-16-6-1-4-14-5-2-10-19-18(14)16/h1-7,10,13,15H,8-9,11-12H2. The predicted molar refractivity (Wildman–Crippen MR) is 98.5 cm³/mol. The third-order valence-corrected chi connectivity index (χ3v) is 7.65. The van der Waals surface area contributed by atoms with Gasteiger partial charge in [-0.2, -0.15) is 4.31 Å². The minimum absolute atomic E-state index is 0.00221. The van der Waals surface area contributed by atoms with Crippen LogP contribution in [0, 0.1) is 0 Å². The van der Waals surface area contributed by atoms with Crippen LogP contribution in [0.5, 0.6) is 5.75 Å². The Labute approximate surface area is 150 Å². The summed E-state index contributed by atoms with van der Waals surface area (Å²) in [6.45, 7) is 0.951. The van der Waals surface area contributed by atoms with Gasteiger partial charge in [0.2, 0.25) is 0 Å². The van der Waals surface area contributed by atoms with E-state index in [0.29, 0.717) is 30.1 Å². The molecule has 4 rings (SSSR count). The molecule has 0 saturated carbocycles. The van der Waals surface area contributed by atoms with Gasteiger partial charge in [-0.3, -0.25) is 4.98 Å². The van der Waals surface area contributed by atoms with Gasteiger partial charge >= 0.3 is 0 Å². The summed E-state index contributed by atoms with van der Waals surface area (Å²) in [7, 11) is -3.37. The molecule has 0 radical (unpaired) electrons. The van der Waals surface area contributed by atoms with Gasteiger partial charge in [-0.05, 0) is 36.4 Å². The van der Waals surface area contributed by atoms with E-state index in [1.54, 1.807) is 28.0 Å². The van der Waals surface area contributed by atoms with Crippen LogP contribution in [0.3, 0.4) is 0 Å². The molecule has 0 atom stereocenters. The van der Waals surface area contributed by atoms with Gasteiger partial charge in [0.25, 0.3) is 10.0 Å². The lowest BCUT2D eigenvalue weighted by Gasteiger charge is -2.31. The molecule has 0 unspecified atom stereocenters. The summed E-state index contributed by atoms with van der Waals surface area (Å²) in [5.74, 6) is 0.762. The van der Waals surface area contributed by atoms with E-state index in [0.717, 1.165) is 16.7 Å². The predicted octanol–water partition coefficient (Wildman–Crippen LogP) is 3.53. The third kappa shape index (κ3) is 3.27. The molecular weight excluding hydrogens is 356 g/mol. The smallest absolute Gasteiger partial charge is 0.252 e. The largest absolute Gasteiger partial charge is 0.488 e. The van der Waals surface area contributed by atoms with Crippen LogP contribution in [0.2, 0.25) is 0 Å². The Morgan fingerprint density at radius 2 is 1.88 bits per heavy atom. The molecule has 1 aliphatic rings. The number of rotatable bonds is 4. The van der Waals surface area contributed by atoms with Crippen molar-refractivity contribution in [3.8, 4) is 5.75 Å². The molecule has 0 N–H and O–H groups in total. The summed E-state index contributed by atoms with van der Waals surface area (Å²) < 4.78 is 33.2. The lowest BCUT2D eigenvalue weighted by molar-refractivity contribution is 0.136. The Balaban J connectivity index is 1.46. The second-order valence-corrected chi connectivity index (χ2v) is 9.10. The fourth-order valence-electron chi connectivity index (χ4n) is 3.08. The minimum atomic E-state index is -3.37.